The fraction of sp³-hybridized carbons (Fsp3) is 0.636. The van der Waals surface area contributed by atoms with Crippen LogP contribution in [0.5, 0.6) is 5.75 Å². The Hall–Kier alpha value is -2.08. The van der Waals surface area contributed by atoms with E-state index in [1.807, 2.05) is 28.0 Å². The van der Waals surface area contributed by atoms with E-state index in [-0.39, 0.29) is 17.7 Å². The Morgan fingerprint density at radius 2 is 1.86 bits per heavy atom. The number of amides is 2. The number of carbonyl (C=O) groups is 2. The summed E-state index contributed by atoms with van der Waals surface area (Å²) in [4.78, 5) is 33.1. The van der Waals surface area contributed by atoms with Crippen LogP contribution in [0.4, 0.5) is 0 Å². The van der Waals surface area contributed by atoms with Gasteiger partial charge in [-0.25, -0.2) is 0 Å². The highest BCUT2D eigenvalue weighted by Gasteiger charge is 2.59. The minimum atomic E-state index is -0.455. The lowest BCUT2D eigenvalue weighted by atomic mass is 9.79. The summed E-state index contributed by atoms with van der Waals surface area (Å²) in [5, 5.41) is 0. The van der Waals surface area contributed by atoms with E-state index in [4.69, 9.17) is 4.74 Å². The van der Waals surface area contributed by atoms with Crippen molar-refractivity contribution >= 4 is 11.8 Å². The van der Waals surface area contributed by atoms with Gasteiger partial charge in [-0.05, 0) is 44.9 Å². The van der Waals surface area contributed by atoms with Crippen molar-refractivity contribution in [2.24, 2.45) is 11.3 Å². The Kier molecular flexibility index (Phi) is 5.08. The van der Waals surface area contributed by atoms with Crippen molar-refractivity contribution in [3.8, 4) is 5.75 Å². The maximum absolute atomic E-state index is 13.6. The molecule has 2 amide bonds. The second-order valence-electron chi connectivity index (χ2n) is 8.79. The molecule has 2 atom stereocenters. The first-order chi connectivity index (χ1) is 13.4. The molecule has 1 aromatic rings. The van der Waals surface area contributed by atoms with Gasteiger partial charge in [-0.2, -0.15) is 0 Å². The molecule has 0 spiro atoms. The van der Waals surface area contributed by atoms with Crippen molar-refractivity contribution in [1.29, 1.82) is 0 Å². The summed E-state index contributed by atoms with van der Waals surface area (Å²) in [5.41, 5.74) is 0.173. The van der Waals surface area contributed by atoms with Crippen LogP contribution >= 0.6 is 0 Å². The van der Waals surface area contributed by atoms with E-state index in [1.165, 1.54) is 0 Å². The smallest absolute Gasteiger partial charge is 0.254 e. The second-order valence-corrected chi connectivity index (χ2v) is 8.79. The first kappa shape index (κ1) is 19.2. The lowest BCUT2D eigenvalue weighted by Gasteiger charge is -2.33. The molecule has 0 saturated carbocycles. The molecule has 0 radical (unpaired) electrons. The minimum absolute atomic E-state index is 0.00186. The maximum Gasteiger partial charge on any atom is 0.254 e. The lowest BCUT2D eigenvalue weighted by Crippen LogP contribution is -2.49. The number of benzene rings is 1. The van der Waals surface area contributed by atoms with Gasteiger partial charge in [0.1, 0.15) is 5.75 Å². The first-order valence-corrected chi connectivity index (χ1v) is 10.4. The molecule has 2 unspecified atom stereocenters. The highest BCUT2D eigenvalue weighted by atomic mass is 16.5. The number of likely N-dealkylation sites (tertiary alicyclic amines) is 3. The quantitative estimate of drug-likeness (QED) is 0.797. The second kappa shape index (κ2) is 7.39. The van der Waals surface area contributed by atoms with Gasteiger partial charge in [0.25, 0.3) is 5.91 Å². The number of hydrogen-bond acceptors (Lipinski definition) is 4. The lowest BCUT2D eigenvalue weighted by molar-refractivity contribution is -0.141. The fourth-order valence-corrected chi connectivity index (χ4v) is 5.13. The average molecular weight is 386 g/mol. The minimum Gasteiger partial charge on any atom is -0.497 e. The molecule has 3 heterocycles. The van der Waals surface area contributed by atoms with Gasteiger partial charge in [0.15, 0.2) is 0 Å². The molecule has 6 nitrogen and oxygen atoms in total. The van der Waals surface area contributed by atoms with Gasteiger partial charge in [-0.15, -0.1) is 0 Å². The Labute approximate surface area is 167 Å². The van der Waals surface area contributed by atoms with Crippen LogP contribution in [-0.2, 0) is 4.79 Å². The van der Waals surface area contributed by atoms with Crippen molar-refractivity contribution in [3.63, 3.8) is 0 Å². The van der Waals surface area contributed by atoms with E-state index in [1.54, 1.807) is 13.2 Å². The molecule has 0 aliphatic carbocycles. The summed E-state index contributed by atoms with van der Waals surface area (Å²) in [6, 6.07) is 7.71. The molecule has 6 heteroatoms. The van der Waals surface area contributed by atoms with E-state index in [0.29, 0.717) is 30.4 Å². The zero-order chi connectivity index (χ0) is 19.9. The number of methoxy groups -OCH3 is 1. The first-order valence-electron chi connectivity index (χ1n) is 10.4. The van der Waals surface area contributed by atoms with Crippen LogP contribution in [0.3, 0.4) is 0 Å². The van der Waals surface area contributed by atoms with E-state index in [2.05, 4.69) is 18.7 Å². The summed E-state index contributed by atoms with van der Waals surface area (Å²) < 4.78 is 5.27. The van der Waals surface area contributed by atoms with E-state index >= 15 is 0 Å². The van der Waals surface area contributed by atoms with Crippen molar-refractivity contribution in [2.75, 3.05) is 46.4 Å². The molecule has 28 heavy (non-hydrogen) atoms. The van der Waals surface area contributed by atoms with Crippen molar-refractivity contribution in [1.82, 2.24) is 14.7 Å². The Bertz CT molecular complexity index is 759. The Balaban J connectivity index is 1.59. The van der Waals surface area contributed by atoms with Crippen LogP contribution in [0.15, 0.2) is 24.3 Å². The van der Waals surface area contributed by atoms with Crippen LogP contribution in [0.2, 0.25) is 0 Å². The number of fused-ring (bicyclic) bond motifs is 1. The largest absolute Gasteiger partial charge is 0.497 e. The highest BCUT2D eigenvalue weighted by molar-refractivity contribution is 5.96. The molecule has 3 fully saturated rings. The van der Waals surface area contributed by atoms with Crippen molar-refractivity contribution < 1.29 is 14.3 Å². The van der Waals surface area contributed by atoms with Crippen molar-refractivity contribution in [3.05, 3.63) is 29.8 Å². The van der Waals surface area contributed by atoms with Crippen LogP contribution in [0, 0.1) is 11.3 Å². The van der Waals surface area contributed by atoms with E-state index < -0.39 is 5.41 Å². The summed E-state index contributed by atoms with van der Waals surface area (Å²) in [6.45, 7) is 8.91. The summed E-state index contributed by atoms with van der Waals surface area (Å²) in [7, 11) is 1.61. The summed E-state index contributed by atoms with van der Waals surface area (Å²) in [5.74, 6) is 1.15. The number of hydrogen-bond donors (Lipinski definition) is 0. The number of nitrogens with zero attached hydrogens (tertiary/aromatic N) is 3. The van der Waals surface area contributed by atoms with Gasteiger partial charge in [0, 0.05) is 56.8 Å². The third-order valence-corrected chi connectivity index (χ3v) is 6.79. The Morgan fingerprint density at radius 3 is 2.54 bits per heavy atom. The van der Waals surface area contributed by atoms with Crippen molar-refractivity contribution in [2.45, 2.75) is 32.7 Å². The predicted molar refractivity (Wildman–Crippen MR) is 107 cm³/mol. The zero-order valence-electron chi connectivity index (χ0n) is 17.2. The summed E-state index contributed by atoms with van der Waals surface area (Å²) in [6.07, 6.45) is 2.18. The SMILES string of the molecule is COc1cccc(C(=O)N2CC3CN(C(C)C)CC3(C(=O)N3CCCC3)C2)c1. The standard InChI is InChI=1S/C22H31N3O3/c1-16(2)24-12-18-13-25(20(26)17-7-6-8-19(11-17)28-3)15-22(18,14-24)21(27)23-9-4-5-10-23/h6-8,11,16,18H,4-5,9-10,12-15H2,1-3H3. The third kappa shape index (κ3) is 3.17. The molecule has 3 aliphatic heterocycles. The number of ether oxygens (including phenoxy) is 1. The number of carbonyl (C=O) groups excluding carboxylic acids is 2. The van der Waals surface area contributed by atoms with Crippen LogP contribution in [-0.4, -0.2) is 78.9 Å². The summed E-state index contributed by atoms with van der Waals surface area (Å²) >= 11 is 0. The third-order valence-electron chi connectivity index (χ3n) is 6.79. The van der Waals surface area contributed by atoms with Gasteiger partial charge in [-0.1, -0.05) is 6.07 Å². The Morgan fingerprint density at radius 1 is 1.11 bits per heavy atom. The monoisotopic (exact) mass is 385 g/mol. The molecule has 0 bridgehead atoms. The zero-order valence-corrected chi connectivity index (χ0v) is 17.2. The number of rotatable bonds is 4. The maximum atomic E-state index is 13.6. The molecule has 3 aliphatic rings. The highest BCUT2D eigenvalue weighted by Crippen LogP contribution is 2.45. The average Bonchev–Trinajstić information content (AvgIpc) is 3.41. The fourth-order valence-electron chi connectivity index (χ4n) is 5.13. The van der Waals surface area contributed by atoms with Gasteiger partial charge >= 0.3 is 0 Å². The molecule has 4 rings (SSSR count). The van der Waals surface area contributed by atoms with Crippen LogP contribution in [0.1, 0.15) is 37.0 Å². The molecule has 3 saturated heterocycles. The topological polar surface area (TPSA) is 53.1 Å². The molecule has 0 N–H and O–H groups in total. The molecular formula is C22H31N3O3. The molecular weight excluding hydrogens is 354 g/mol. The van der Waals surface area contributed by atoms with Gasteiger partial charge < -0.3 is 14.5 Å². The normalized spacial score (nSPS) is 27.5. The predicted octanol–water partition coefficient (Wildman–Crippen LogP) is 2.10. The van der Waals surface area contributed by atoms with E-state index in [9.17, 15) is 9.59 Å². The van der Waals surface area contributed by atoms with Crippen LogP contribution < -0.4 is 4.74 Å². The van der Waals surface area contributed by atoms with E-state index in [0.717, 1.165) is 39.0 Å². The molecule has 0 aromatic heterocycles. The van der Waals surface area contributed by atoms with Gasteiger partial charge in [-0.3, -0.25) is 14.5 Å². The van der Waals surface area contributed by atoms with Gasteiger partial charge in [0.2, 0.25) is 5.91 Å². The van der Waals surface area contributed by atoms with Crippen LogP contribution in [0.25, 0.3) is 0 Å². The molecule has 1 aromatic carbocycles. The van der Waals surface area contributed by atoms with Gasteiger partial charge in [0.05, 0.1) is 12.5 Å². The molecule has 152 valence electrons.